The Hall–Kier alpha value is -1.18. The highest BCUT2D eigenvalue weighted by Gasteiger charge is 2.31. The molecule has 0 saturated heterocycles. The van der Waals surface area contributed by atoms with Crippen LogP contribution in [0.4, 0.5) is 0 Å². The van der Waals surface area contributed by atoms with Gasteiger partial charge in [0, 0.05) is 0 Å². The van der Waals surface area contributed by atoms with E-state index in [1.807, 2.05) is 0 Å². The number of carbonyl (C=O) groups is 2. The molecule has 0 radical (unpaired) electrons. The third-order valence-corrected chi connectivity index (χ3v) is 1.57. The van der Waals surface area contributed by atoms with Gasteiger partial charge in [-0.25, -0.2) is 4.79 Å². The SMILES string of the molecule is CC(CO)(CO)C(=O)O.CC(O)C(=O)O. The summed E-state index contributed by atoms with van der Waals surface area (Å²) in [5.41, 5.74) is -1.39. The normalized spacial score (nSPS) is 12.3. The van der Waals surface area contributed by atoms with Crippen LogP contribution in [-0.2, 0) is 9.59 Å². The Morgan fingerprint density at radius 1 is 1.20 bits per heavy atom. The van der Waals surface area contributed by atoms with E-state index in [0.717, 1.165) is 0 Å². The first kappa shape index (κ1) is 16.3. The van der Waals surface area contributed by atoms with Gasteiger partial charge in [-0.2, -0.15) is 0 Å². The lowest BCUT2D eigenvalue weighted by Gasteiger charge is -2.17. The quantitative estimate of drug-likeness (QED) is 0.392. The summed E-state index contributed by atoms with van der Waals surface area (Å²) in [4.78, 5) is 19.6. The minimum absolute atomic E-state index is 0.543. The number of hydrogen-bond acceptors (Lipinski definition) is 5. The van der Waals surface area contributed by atoms with E-state index in [9.17, 15) is 9.59 Å². The summed E-state index contributed by atoms with van der Waals surface area (Å²) >= 11 is 0. The van der Waals surface area contributed by atoms with Gasteiger partial charge in [0.05, 0.1) is 13.2 Å². The van der Waals surface area contributed by atoms with Crippen molar-refractivity contribution in [1.29, 1.82) is 0 Å². The maximum atomic E-state index is 10.2. The molecule has 1 unspecified atom stereocenters. The second-order valence-corrected chi connectivity index (χ2v) is 3.20. The van der Waals surface area contributed by atoms with Gasteiger partial charge >= 0.3 is 11.9 Å². The van der Waals surface area contributed by atoms with E-state index in [1.165, 1.54) is 13.8 Å². The lowest BCUT2D eigenvalue weighted by molar-refractivity contribution is -0.153. The molecule has 0 fully saturated rings. The Bertz CT molecular complexity index is 207. The fraction of sp³-hybridized carbons (Fsp3) is 0.750. The first-order chi connectivity index (χ1) is 6.71. The number of aliphatic hydroxyl groups is 3. The van der Waals surface area contributed by atoms with Gasteiger partial charge in [0.25, 0.3) is 0 Å². The van der Waals surface area contributed by atoms with Crippen LogP contribution in [0.5, 0.6) is 0 Å². The highest BCUT2D eigenvalue weighted by atomic mass is 16.4. The van der Waals surface area contributed by atoms with Crippen molar-refractivity contribution in [2.24, 2.45) is 5.41 Å². The molecule has 0 spiro atoms. The smallest absolute Gasteiger partial charge is 0.332 e. The van der Waals surface area contributed by atoms with Crippen molar-refractivity contribution in [2.45, 2.75) is 20.0 Å². The van der Waals surface area contributed by atoms with Crippen molar-refractivity contribution < 1.29 is 35.1 Å². The van der Waals surface area contributed by atoms with Crippen molar-refractivity contribution in [2.75, 3.05) is 13.2 Å². The number of rotatable bonds is 4. The Kier molecular flexibility index (Phi) is 7.76. The molecular formula is C8H16O7. The first-order valence-corrected chi connectivity index (χ1v) is 4.07. The molecule has 0 aromatic carbocycles. The van der Waals surface area contributed by atoms with Gasteiger partial charge in [0.15, 0.2) is 0 Å². The molecule has 15 heavy (non-hydrogen) atoms. The number of hydrogen-bond donors (Lipinski definition) is 5. The summed E-state index contributed by atoms with van der Waals surface area (Å²) in [5.74, 6) is -2.37. The molecule has 7 heteroatoms. The van der Waals surface area contributed by atoms with E-state index >= 15 is 0 Å². The number of carboxylic acids is 2. The molecule has 7 nitrogen and oxygen atoms in total. The molecule has 0 aromatic rings. The second kappa shape index (κ2) is 7.16. The zero-order valence-corrected chi connectivity index (χ0v) is 8.54. The van der Waals surface area contributed by atoms with Crippen molar-refractivity contribution >= 4 is 11.9 Å². The average molecular weight is 224 g/mol. The lowest BCUT2D eigenvalue weighted by Crippen LogP contribution is -2.35. The van der Waals surface area contributed by atoms with E-state index in [1.54, 1.807) is 0 Å². The second-order valence-electron chi connectivity index (χ2n) is 3.20. The first-order valence-electron chi connectivity index (χ1n) is 4.07. The van der Waals surface area contributed by atoms with Gasteiger partial charge in [-0.1, -0.05) is 0 Å². The van der Waals surface area contributed by atoms with Crippen molar-refractivity contribution in [3.8, 4) is 0 Å². The van der Waals surface area contributed by atoms with Crippen molar-refractivity contribution in [3.05, 3.63) is 0 Å². The monoisotopic (exact) mass is 224 g/mol. The fourth-order valence-electron chi connectivity index (χ4n) is 0.185. The molecule has 0 aliphatic carbocycles. The van der Waals surface area contributed by atoms with Crippen LogP contribution in [0.3, 0.4) is 0 Å². The molecular weight excluding hydrogens is 208 g/mol. The summed E-state index contributed by atoms with van der Waals surface area (Å²) in [6, 6.07) is 0. The largest absolute Gasteiger partial charge is 0.481 e. The van der Waals surface area contributed by atoms with E-state index < -0.39 is 36.7 Å². The summed E-state index contributed by atoms with van der Waals surface area (Å²) in [5, 5.41) is 40.9. The third-order valence-electron chi connectivity index (χ3n) is 1.57. The molecule has 5 N–H and O–H groups in total. The van der Waals surface area contributed by atoms with Crippen molar-refractivity contribution in [3.63, 3.8) is 0 Å². The number of aliphatic carboxylic acids is 2. The van der Waals surface area contributed by atoms with Crippen LogP contribution in [0.1, 0.15) is 13.8 Å². The molecule has 90 valence electrons. The van der Waals surface area contributed by atoms with E-state index in [2.05, 4.69) is 0 Å². The van der Waals surface area contributed by atoms with Gasteiger partial charge in [-0.15, -0.1) is 0 Å². The van der Waals surface area contributed by atoms with E-state index in [-0.39, 0.29) is 0 Å². The van der Waals surface area contributed by atoms with Crippen LogP contribution in [0.15, 0.2) is 0 Å². The fourth-order valence-corrected chi connectivity index (χ4v) is 0.185. The van der Waals surface area contributed by atoms with Crippen LogP contribution < -0.4 is 0 Å². The van der Waals surface area contributed by atoms with E-state index in [4.69, 9.17) is 25.5 Å². The van der Waals surface area contributed by atoms with Crippen LogP contribution in [0.2, 0.25) is 0 Å². The topological polar surface area (TPSA) is 135 Å². The Labute approximate surface area is 86.6 Å². The predicted octanol–water partition coefficient (Wildman–Crippen LogP) is -1.49. The van der Waals surface area contributed by atoms with Crippen LogP contribution in [-0.4, -0.2) is 56.8 Å². The number of aliphatic hydroxyl groups excluding tert-OH is 3. The summed E-state index contributed by atoms with van der Waals surface area (Å²) in [7, 11) is 0. The molecule has 0 aliphatic rings. The number of carboxylic acid groups (broad SMARTS) is 2. The molecule has 0 amide bonds. The third kappa shape index (κ3) is 6.83. The van der Waals surface area contributed by atoms with Crippen LogP contribution in [0, 0.1) is 5.41 Å². The minimum Gasteiger partial charge on any atom is -0.481 e. The molecule has 1 atom stereocenters. The van der Waals surface area contributed by atoms with Gasteiger partial charge in [0.1, 0.15) is 11.5 Å². The summed E-state index contributed by atoms with van der Waals surface area (Å²) in [6.45, 7) is 1.38. The Morgan fingerprint density at radius 2 is 1.47 bits per heavy atom. The summed E-state index contributed by atoms with van der Waals surface area (Å²) < 4.78 is 0. The van der Waals surface area contributed by atoms with Crippen LogP contribution >= 0.6 is 0 Å². The highest BCUT2D eigenvalue weighted by Crippen LogP contribution is 2.12. The lowest BCUT2D eigenvalue weighted by atomic mass is 9.94. The van der Waals surface area contributed by atoms with Gasteiger partial charge < -0.3 is 25.5 Å². The molecule has 0 rings (SSSR count). The Morgan fingerprint density at radius 3 is 1.47 bits per heavy atom. The Balaban J connectivity index is 0. The molecule has 0 aromatic heterocycles. The minimum atomic E-state index is -1.39. The zero-order chi connectivity index (χ0) is 12.6. The average Bonchev–Trinajstić information content (AvgIpc) is 2.17. The highest BCUT2D eigenvalue weighted by molar-refractivity contribution is 5.74. The maximum absolute atomic E-state index is 10.2. The molecule has 0 heterocycles. The summed E-state index contributed by atoms with van der Waals surface area (Å²) in [6.07, 6.45) is -1.23. The van der Waals surface area contributed by atoms with Crippen LogP contribution in [0.25, 0.3) is 0 Å². The zero-order valence-electron chi connectivity index (χ0n) is 8.54. The standard InChI is InChI=1S/C5H10O4.C3H6O3/c1-5(2-6,3-7)4(8)9;1-2(4)3(5)6/h6-7H,2-3H2,1H3,(H,8,9);2,4H,1H3,(H,5,6). The molecule has 0 bridgehead atoms. The van der Waals surface area contributed by atoms with Gasteiger partial charge in [0.2, 0.25) is 0 Å². The predicted molar refractivity (Wildman–Crippen MR) is 49.2 cm³/mol. The molecule has 0 saturated carbocycles. The molecule has 0 aliphatic heterocycles. The van der Waals surface area contributed by atoms with E-state index in [0.29, 0.717) is 0 Å². The van der Waals surface area contributed by atoms with Gasteiger partial charge in [-0.3, -0.25) is 4.79 Å². The van der Waals surface area contributed by atoms with Crippen molar-refractivity contribution in [1.82, 2.24) is 0 Å². The maximum Gasteiger partial charge on any atom is 0.332 e. The van der Waals surface area contributed by atoms with Gasteiger partial charge in [-0.05, 0) is 13.8 Å².